The molecule has 1 aromatic carbocycles. The lowest BCUT2D eigenvalue weighted by Crippen LogP contribution is -2.13. The number of benzene rings is 1. The smallest absolute Gasteiger partial charge is 0.262 e. The first kappa shape index (κ1) is 19.1. The number of fused-ring (bicyclic) bond motifs is 1. The van der Waals surface area contributed by atoms with Gasteiger partial charge in [-0.15, -0.1) is 0 Å². The number of pyridine rings is 1. The standard InChI is InChI=1S/C22H21N3O3S/c1-15-8-9-20(23-14-15)19-13-21(16(2)26)25-11-10-18(12-22(19)25)29(27,28)24-17-6-4-3-5-7-17/h3-7,9-15,24H,8H2,1-2H3. The average Bonchev–Trinajstić information content (AvgIpc) is 3.08. The molecule has 0 saturated heterocycles. The molecular weight excluding hydrogens is 386 g/mol. The van der Waals surface area contributed by atoms with Gasteiger partial charge >= 0.3 is 0 Å². The van der Waals surface area contributed by atoms with Gasteiger partial charge in [0.05, 0.1) is 21.8 Å². The van der Waals surface area contributed by atoms with E-state index in [1.165, 1.54) is 13.0 Å². The molecule has 2 aromatic heterocycles. The largest absolute Gasteiger partial charge is 0.313 e. The summed E-state index contributed by atoms with van der Waals surface area (Å²) in [6.07, 6.45) is 6.36. The van der Waals surface area contributed by atoms with Crippen LogP contribution in [0.25, 0.3) is 11.2 Å². The van der Waals surface area contributed by atoms with E-state index in [1.807, 2.05) is 18.4 Å². The quantitative estimate of drug-likeness (QED) is 0.637. The molecule has 0 fully saturated rings. The molecule has 0 amide bonds. The molecule has 7 heteroatoms. The summed E-state index contributed by atoms with van der Waals surface area (Å²) in [6.45, 7) is 3.57. The van der Waals surface area contributed by atoms with Gasteiger partial charge in [0, 0.05) is 30.6 Å². The third-order valence-corrected chi connectivity index (χ3v) is 6.25. The molecule has 29 heavy (non-hydrogen) atoms. The van der Waals surface area contributed by atoms with E-state index in [-0.39, 0.29) is 10.7 Å². The Balaban J connectivity index is 1.83. The second-order valence-electron chi connectivity index (χ2n) is 7.17. The first-order chi connectivity index (χ1) is 13.8. The zero-order valence-electron chi connectivity index (χ0n) is 16.2. The highest BCUT2D eigenvalue weighted by molar-refractivity contribution is 7.92. The zero-order valence-corrected chi connectivity index (χ0v) is 17.0. The van der Waals surface area contributed by atoms with Crippen molar-refractivity contribution in [2.75, 3.05) is 4.72 Å². The van der Waals surface area contributed by atoms with Crippen molar-refractivity contribution in [1.29, 1.82) is 0 Å². The second-order valence-corrected chi connectivity index (χ2v) is 8.85. The maximum Gasteiger partial charge on any atom is 0.262 e. The number of anilines is 1. The minimum Gasteiger partial charge on any atom is -0.313 e. The normalized spacial score (nSPS) is 16.6. The summed E-state index contributed by atoms with van der Waals surface area (Å²) in [5.74, 6) is 0.254. The number of hydrogen-bond acceptors (Lipinski definition) is 4. The Kier molecular flexibility index (Phi) is 4.84. The Hall–Kier alpha value is -3.19. The van der Waals surface area contributed by atoms with E-state index in [1.54, 1.807) is 47.0 Å². The number of carbonyl (C=O) groups excluding carboxylic acids is 1. The van der Waals surface area contributed by atoms with Crippen LogP contribution in [0.5, 0.6) is 0 Å². The number of aliphatic imine (C=N–C) groups is 1. The molecule has 0 radical (unpaired) electrons. The van der Waals surface area contributed by atoms with Crippen LogP contribution in [-0.4, -0.2) is 24.8 Å². The van der Waals surface area contributed by atoms with Crippen molar-refractivity contribution in [3.63, 3.8) is 0 Å². The highest BCUT2D eigenvalue weighted by Crippen LogP contribution is 2.30. The van der Waals surface area contributed by atoms with E-state index >= 15 is 0 Å². The molecule has 0 saturated carbocycles. The summed E-state index contributed by atoms with van der Waals surface area (Å²) in [7, 11) is -3.78. The van der Waals surface area contributed by atoms with E-state index in [0.29, 0.717) is 22.8 Å². The van der Waals surface area contributed by atoms with Crippen molar-refractivity contribution >= 4 is 38.9 Å². The van der Waals surface area contributed by atoms with Crippen LogP contribution in [0, 0.1) is 5.92 Å². The maximum absolute atomic E-state index is 12.9. The topological polar surface area (TPSA) is 80.0 Å². The number of aromatic nitrogens is 1. The number of nitrogens with zero attached hydrogens (tertiary/aromatic N) is 2. The SMILES string of the molecule is CC(=O)c1cc(C2=CCC(C)C=N2)c2cc(S(=O)(=O)Nc3ccccc3)ccn12. The van der Waals surface area contributed by atoms with E-state index in [4.69, 9.17) is 0 Å². The van der Waals surface area contributed by atoms with Crippen LogP contribution in [0.4, 0.5) is 5.69 Å². The second kappa shape index (κ2) is 7.33. The van der Waals surface area contributed by atoms with Gasteiger partial charge in [-0.2, -0.15) is 0 Å². The molecular formula is C22H21N3O3S. The number of nitrogens with one attached hydrogen (secondary N) is 1. The van der Waals surface area contributed by atoms with Crippen molar-refractivity contribution in [1.82, 2.24) is 4.40 Å². The van der Waals surface area contributed by atoms with Gasteiger partial charge in [0.25, 0.3) is 10.0 Å². The monoisotopic (exact) mass is 407 g/mol. The molecule has 0 bridgehead atoms. The fourth-order valence-electron chi connectivity index (χ4n) is 3.34. The fourth-order valence-corrected chi connectivity index (χ4v) is 4.41. The number of Topliss-reactive ketones (excluding diaryl/α,β-unsaturated/α-hetero) is 1. The lowest BCUT2D eigenvalue weighted by Gasteiger charge is -2.12. The van der Waals surface area contributed by atoms with Crippen molar-refractivity contribution in [2.24, 2.45) is 10.9 Å². The lowest BCUT2D eigenvalue weighted by atomic mass is 10.0. The first-order valence-corrected chi connectivity index (χ1v) is 10.8. The van der Waals surface area contributed by atoms with Crippen molar-refractivity contribution < 1.29 is 13.2 Å². The Morgan fingerprint density at radius 2 is 1.93 bits per heavy atom. The molecule has 1 aliphatic rings. The number of allylic oxidation sites excluding steroid dienone is 1. The highest BCUT2D eigenvalue weighted by atomic mass is 32.2. The summed E-state index contributed by atoms with van der Waals surface area (Å²) >= 11 is 0. The minimum atomic E-state index is -3.78. The number of rotatable bonds is 5. The van der Waals surface area contributed by atoms with Gasteiger partial charge in [-0.3, -0.25) is 14.5 Å². The molecule has 1 unspecified atom stereocenters. The van der Waals surface area contributed by atoms with Crippen LogP contribution in [-0.2, 0) is 10.0 Å². The molecule has 4 rings (SSSR count). The fraction of sp³-hybridized carbons (Fsp3) is 0.182. The van der Waals surface area contributed by atoms with E-state index < -0.39 is 10.0 Å². The highest BCUT2D eigenvalue weighted by Gasteiger charge is 2.20. The van der Waals surface area contributed by atoms with Crippen molar-refractivity contribution in [2.45, 2.75) is 25.2 Å². The molecule has 3 heterocycles. The van der Waals surface area contributed by atoms with Crippen LogP contribution in [0.2, 0.25) is 0 Å². The van der Waals surface area contributed by atoms with Gasteiger partial charge in [0.15, 0.2) is 5.78 Å². The Morgan fingerprint density at radius 1 is 1.17 bits per heavy atom. The summed E-state index contributed by atoms with van der Waals surface area (Å²) in [6, 6.07) is 13.6. The number of ketones is 1. The number of hydrogen-bond donors (Lipinski definition) is 1. The minimum absolute atomic E-state index is 0.0991. The van der Waals surface area contributed by atoms with Crippen LogP contribution in [0.15, 0.2) is 70.7 Å². The number of sulfonamides is 1. The average molecular weight is 407 g/mol. The van der Waals surface area contributed by atoms with Gasteiger partial charge in [0.1, 0.15) is 0 Å². The van der Waals surface area contributed by atoms with Crippen LogP contribution in [0.1, 0.15) is 36.3 Å². The van der Waals surface area contributed by atoms with Gasteiger partial charge in [0.2, 0.25) is 0 Å². The van der Waals surface area contributed by atoms with Gasteiger partial charge < -0.3 is 4.40 Å². The Labute approximate surface area is 169 Å². The molecule has 0 aliphatic carbocycles. The third kappa shape index (κ3) is 3.73. The first-order valence-electron chi connectivity index (χ1n) is 9.34. The van der Waals surface area contributed by atoms with Crippen LogP contribution in [0.3, 0.4) is 0 Å². The van der Waals surface area contributed by atoms with Crippen molar-refractivity contribution in [3.8, 4) is 0 Å². The molecule has 148 valence electrons. The van der Waals surface area contributed by atoms with Crippen molar-refractivity contribution in [3.05, 3.63) is 72.1 Å². The maximum atomic E-state index is 12.9. The summed E-state index contributed by atoms with van der Waals surface area (Å²) in [4.78, 5) is 16.8. The molecule has 0 spiro atoms. The van der Waals surface area contributed by atoms with Crippen LogP contribution < -0.4 is 4.72 Å². The number of carbonyl (C=O) groups is 1. The Bertz CT molecular complexity index is 1260. The van der Waals surface area contributed by atoms with Crippen LogP contribution >= 0.6 is 0 Å². The van der Waals surface area contributed by atoms with E-state index in [0.717, 1.165) is 17.7 Å². The summed E-state index contributed by atoms with van der Waals surface area (Å²) < 4.78 is 30.1. The van der Waals surface area contributed by atoms with Gasteiger partial charge in [-0.25, -0.2) is 8.42 Å². The predicted molar refractivity (Wildman–Crippen MR) is 115 cm³/mol. The van der Waals surface area contributed by atoms with Gasteiger partial charge in [-0.05, 0) is 42.7 Å². The van der Waals surface area contributed by atoms with E-state index in [9.17, 15) is 13.2 Å². The van der Waals surface area contributed by atoms with Gasteiger partial charge in [-0.1, -0.05) is 31.2 Å². The summed E-state index contributed by atoms with van der Waals surface area (Å²) in [5, 5.41) is 0. The lowest BCUT2D eigenvalue weighted by molar-refractivity contribution is 0.101. The van der Waals surface area contributed by atoms with E-state index in [2.05, 4.69) is 16.6 Å². The summed E-state index contributed by atoms with van der Waals surface area (Å²) in [5.41, 5.74) is 3.10. The third-order valence-electron chi connectivity index (χ3n) is 4.87. The number of para-hydroxylation sites is 1. The molecule has 1 N–H and O–H groups in total. The molecule has 3 aromatic rings. The molecule has 6 nitrogen and oxygen atoms in total. The Morgan fingerprint density at radius 3 is 2.59 bits per heavy atom. The molecule has 1 atom stereocenters. The molecule has 1 aliphatic heterocycles. The zero-order chi connectivity index (χ0) is 20.6. The predicted octanol–water partition coefficient (Wildman–Crippen LogP) is 4.39.